The molecule has 0 radical (unpaired) electrons. The zero-order valence-electron chi connectivity index (χ0n) is 13.1. The molecule has 0 spiro atoms. The minimum atomic E-state index is -0.415. The first-order valence-corrected chi connectivity index (χ1v) is 8.38. The molecule has 0 bridgehead atoms. The lowest BCUT2D eigenvalue weighted by Crippen LogP contribution is -2.13. The van der Waals surface area contributed by atoms with Gasteiger partial charge in [0.05, 0.1) is 27.1 Å². The number of hydrogen-bond acceptors (Lipinski definition) is 3. The topological polar surface area (TPSA) is 72.9 Å². The van der Waals surface area contributed by atoms with Crippen LogP contribution in [0.3, 0.4) is 0 Å². The Morgan fingerprint density at radius 2 is 1.72 bits per heavy atom. The quantitative estimate of drug-likeness (QED) is 0.615. The van der Waals surface area contributed by atoms with Crippen LogP contribution in [0.15, 0.2) is 42.5 Å². The summed E-state index contributed by atoms with van der Waals surface area (Å²) in [5.74, 6) is -0.415. The van der Waals surface area contributed by atoms with E-state index in [1.54, 1.807) is 6.92 Å². The molecule has 2 aromatic carbocycles. The second-order valence-electron chi connectivity index (χ2n) is 5.31. The van der Waals surface area contributed by atoms with Crippen molar-refractivity contribution in [1.82, 2.24) is 9.78 Å². The van der Waals surface area contributed by atoms with Gasteiger partial charge in [0.2, 0.25) is 0 Å². The van der Waals surface area contributed by atoms with E-state index >= 15 is 0 Å². The monoisotopic (exact) mass is 394 g/mol. The fourth-order valence-corrected chi connectivity index (χ4v) is 3.19. The summed E-state index contributed by atoms with van der Waals surface area (Å²) in [5.41, 5.74) is 7.90. The Morgan fingerprint density at radius 3 is 2.32 bits per heavy atom. The van der Waals surface area contributed by atoms with Gasteiger partial charge in [-0.05, 0) is 31.2 Å². The third-order valence-corrected chi connectivity index (χ3v) is 4.54. The first-order valence-electron chi connectivity index (χ1n) is 7.25. The fourth-order valence-electron chi connectivity index (χ4n) is 2.35. The van der Waals surface area contributed by atoms with Crippen molar-refractivity contribution >= 4 is 52.1 Å². The number of nitrogens with zero attached hydrogens (tertiary/aromatic N) is 2. The standard InChI is InChI=1S/C17H13Cl3N4O/c1-9-14(16(20)24(23-9)11-5-3-2-4-6-11)17(25)22-10-7-12(18)15(21)13(19)8-10/h2-8H,21H2,1H3,(H,22,25). The van der Waals surface area contributed by atoms with Crippen LogP contribution in [0.25, 0.3) is 5.69 Å². The zero-order chi connectivity index (χ0) is 18.1. The summed E-state index contributed by atoms with van der Waals surface area (Å²) >= 11 is 18.4. The largest absolute Gasteiger partial charge is 0.396 e. The van der Waals surface area contributed by atoms with Crippen LogP contribution in [-0.2, 0) is 0 Å². The molecule has 1 amide bonds. The smallest absolute Gasteiger partial charge is 0.260 e. The lowest BCUT2D eigenvalue weighted by atomic mass is 10.2. The van der Waals surface area contributed by atoms with E-state index in [4.69, 9.17) is 40.5 Å². The highest BCUT2D eigenvalue weighted by Gasteiger charge is 2.21. The third-order valence-electron chi connectivity index (χ3n) is 3.57. The molecule has 3 aromatic rings. The molecule has 0 aliphatic carbocycles. The number of aryl methyl sites for hydroxylation is 1. The third kappa shape index (κ3) is 3.44. The Hall–Kier alpha value is -2.21. The Labute approximate surface area is 159 Å². The maximum absolute atomic E-state index is 12.6. The van der Waals surface area contributed by atoms with Crippen molar-refractivity contribution in [3.63, 3.8) is 0 Å². The molecule has 0 aliphatic heterocycles. The summed E-state index contributed by atoms with van der Waals surface area (Å²) in [6, 6.07) is 12.3. The van der Waals surface area contributed by atoms with Crippen molar-refractivity contribution < 1.29 is 4.79 Å². The number of carbonyl (C=O) groups is 1. The Morgan fingerprint density at radius 1 is 1.12 bits per heavy atom. The number of nitrogen functional groups attached to an aromatic ring is 1. The van der Waals surface area contributed by atoms with Crippen LogP contribution in [0.1, 0.15) is 16.1 Å². The van der Waals surface area contributed by atoms with Gasteiger partial charge in [0.25, 0.3) is 5.91 Å². The number of anilines is 2. The Kier molecular flexibility index (Phi) is 4.90. The minimum Gasteiger partial charge on any atom is -0.396 e. The highest BCUT2D eigenvalue weighted by atomic mass is 35.5. The van der Waals surface area contributed by atoms with Gasteiger partial charge in [-0.15, -0.1) is 0 Å². The lowest BCUT2D eigenvalue weighted by molar-refractivity contribution is 0.102. The van der Waals surface area contributed by atoms with Crippen molar-refractivity contribution in [1.29, 1.82) is 0 Å². The van der Waals surface area contributed by atoms with Crippen LogP contribution in [0.5, 0.6) is 0 Å². The van der Waals surface area contributed by atoms with Crippen LogP contribution >= 0.6 is 34.8 Å². The molecule has 5 nitrogen and oxygen atoms in total. The summed E-state index contributed by atoms with van der Waals surface area (Å²) < 4.78 is 1.51. The lowest BCUT2D eigenvalue weighted by Gasteiger charge is -2.08. The Bertz CT molecular complexity index is 931. The molecular formula is C17H13Cl3N4O. The van der Waals surface area contributed by atoms with Gasteiger partial charge in [0.1, 0.15) is 10.7 Å². The number of nitrogens with two attached hydrogens (primary N) is 1. The molecule has 0 unspecified atom stereocenters. The summed E-state index contributed by atoms with van der Waals surface area (Å²) in [7, 11) is 0. The van der Waals surface area contributed by atoms with Gasteiger partial charge in [0.15, 0.2) is 0 Å². The highest BCUT2D eigenvalue weighted by Crippen LogP contribution is 2.32. The fraction of sp³-hybridized carbons (Fsp3) is 0.0588. The zero-order valence-corrected chi connectivity index (χ0v) is 15.3. The average Bonchev–Trinajstić information content (AvgIpc) is 2.88. The van der Waals surface area contributed by atoms with E-state index in [0.717, 1.165) is 5.69 Å². The molecule has 3 N–H and O–H groups in total. The predicted molar refractivity (Wildman–Crippen MR) is 102 cm³/mol. The van der Waals surface area contributed by atoms with E-state index < -0.39 is 5.91 Å². The first-order chi connectivity index (χ1) is 11.9. The van der Waals surface area contributed by atoms with Gasteiger partial charge in [-0.3, -0.25) is 4.79 Å². The summed E-state index contributed by atoms with van der Waals surface area (Å²) in [6.45, 7) is 1.71. The van der Waals surface area contributed by atoms with Crippen LogP contribution in [-0.4, -0.2) is 15.7 Å². The van der Waals surface area contributed by atoms with E-state index in [1.165, 1.54) is 16.8 Å². The molecule has 0 fully saturated rings. The number of amides is 1. The van der Waals surface area contributed by atoms with E-state index in [0.29, 0.717) is 11.4 Å². The summed E-state index contributed by atoms with van der Waals surface area (Å²) in [5, 5.41) is 7.78. The average molecular weight is 396 g/mol. The maximum atomic E-state index is 12.6. The predicted octanol–water partition coefficient (Wildman–Crippen LogP) is 4.98. The Balaban J connectivity index is 1.95. The number of hydrogen-bond donors (Lipinski definition) is 2. The molecule has 1 aromatic heterocycles. The first kappa shape index (κ1) is 17.6. The van der Waals surface area contributed by atoms with Crippen molar-refractivity contribution in [2.24, 2.45) is 0 Å². The second-order valence-corrected chi connectivity index (χ2v) is 6.48. The molecule has 1 heterocycles. The molecule has 0 saturated carbocycles. The van der Waals surface area contributed by atoms with E-state index in [9.17, 15) is 4.79 Å². The van der Waals surface area contributed by atoms with Crippen LogP contribution in [0, 0.1) is 6.92 Å². The molecule has 0 saturated heterocycles. The molecular weight excluding hydrogens is 383 g/mol. The minimum absolute atomic E-state index is 0.217. The number of halogens is 3. The van der Waals surface area contributed by atoms with Crippen LogP contribution in [0.2, 0.25) is 15.2 Å². The maximum Gasteiger partial charge on any atom is 0.260 e. The van der Waals surface area contributed by atoms with Crippen molar-refractivity contribution in [2.45, 2.75) is 6.92 Å². The van der Waals surface area contributed by atoms with Gasteiger partial charge >= 0.3 is 0 Å². The van der Waals surface area contributed by atoms with E-state index in [-0.39, 0.29) is 26.4 Å². The molecule has 25 heavy (non-hydrogen) atoms. The van der Waals surface area contributed by atoms with Gasteiger partial charge in [0, 0.05) is 5.69 Å². The number of rotatable bonds is 3. The highest BCUT2D eigenvalue weighted by molar-refractivity contribution is 6.39. The SMILES string of the molecule is Cc1nn(-c2ccccc2)c(Cl)c1C(=O)Nc1cc(Cl)c(N)c(Cl)c1. The van der Waals surface area contributed by atoms with Crippen LogP contribution in [0.4, 0.5) is 11.4 Å². The number of para-hydroxylation sites is 1. The number of carbonyl (C=O) groups excluding carboxylic acids is 1. The molecule has 128 valence electrons. The van der Waals surface area contributed by atoms with E-state index in [1.807, 2.05) is 30.3 Å². The molecule has 0 atom stereocenters. The summed E-state index contributed by atoms with van der Waals surface area (Å²) in [4.78, 5) is 12.6. The second kappa shape index (κ2) is 6.96. The van der Waals surface area contributed by atoms with Gasteiger partial charge in [-0.1, -0.05) is 53.0 Å². The van der Waals surface area contributed by atoms with Crippen molar-refractivity contribution in [2.75, 3.05) is 11.1 Å². The van der Waals surface area contributed by atoms with Gasteiger partial charge in [-0.25, -0.2) is 4.68 Å². The van der Waals surface area contributed by atoms with Crippen LogP contribution < -0.4 is 11.1 Å². The molecule has 8 heteroatoms. The number of nitrogens with one attached hydrogen (secondary N) is 1. The molecule has 3 rings (SSSR count). The number of aromatic nitrogens is 2. The van der Waals surface area contributed by atoms with E-state index in [2.05, 4.69) is 10.4 Å². The van der Waals surface area contributed by atoms with Crippen molar-refractivity contribution in [3.05, 3.63) is 68.9 Å². The molecule has 0 aliphatic rings. The van der Waals surface area contributed by atoms with Gasteiger partial charge < -0.3 is 11.1 Å². The normalized spacial score (nSPS) is 10.7. The van der Waals surface area contributed by atoms with Crippen molar-refractivity contribution in [3.8, 4) is 5.69 Å². The number of benzene rings is 2. The van der Waals surface area contributed by atoms with Gasteiger partial charge in [-0.2, -0.15) is 5.10 Å². The summed E-state index contributed by atoms with van der Waals surface area (Å²) in [6.07, 6.45) is 0.